The number of amides is 1. The fourth-order valence-electron chi connectivity index (χ4n) is 2.83. The minimum absolute atomic E-state index is 0.000130. The molecule has 1 unspecified atom stereocenters. The number of allylic oxidation sites excluding steroid dienone is 1. The molecular weight excluding hydrogens is 258 g/mol. The smallest absolute Gasteiger partial charge is 0.249 e. The lowest BCUT2D eigenvalue weighted by atomic mass is 9.95. The molecule has 2 rings (SSSR count). The highest BCUT2D eigenvalue weighted by molar-refractivity contribution is 7.99. The van der Waals surface area contributed by atoms with Crippen molar-refractivity contribution in [3.05, 3.63) is 11.8 Å². The molecule has 0 radical (unpaired) electrons. The Morgan fingerprint density at radius 2 is 2.11 bits per heavy atom. The Labute approximate surface area is 120 Å². The number of rotatable bonds is 5. The van der Waals surface area contributed by atoms with E-state index in [4.69, 9.17) is 0 Å². The van der Waals surface area contributed by atoms with Gasteiger partial charge in [0, 0.05) is 17.8 Å². The van der Waals surface area contributed by atoms with Crippen molar-refractivity contribution in [2.75, 3.05) is 6.26 Å². The maximum atomic E-state index is 11.9. The Morgan fingerprint density at radius 1 is 1.37 bits per heavy atom. The second-order valence-electron chi connectivity index (χ2n) is 5.40. The predicted octanol–water partition coefficient (Wildman–Crippen LogP) is 2.29. The van der Waals surface area contributed by atoms with E-state index in [0.29, 0.717) is 6.04 Å². The van der Waals surface area contributed by atoms with Crippen molar-refractivity contribution < 1.29 is 4.79 Å². The minimum atomic E-state index is -0.529. The first-order valence-electron chi connectivity index (χ1n) is 7.31. The zero-order valence-electron chi connectivity index (χ0n) is 11.9. The summed E-state index contributed by atoms with van der Waals surface area (Å²) in [5.41, 5.74) is 1.03. The number of carbonyl (C=O) groups excluding carboxylic acids is 1. The highest BCUT2D eigenvalue weighted by atomic mass is 32.2. The number of carbonyl (C=O) groups is 1. The summed E-state index contributed by atoms with van der Waals surface area (Å²) in [5, 5.41) is 9.61. The first kappa shape index (κ1) is 14.7. The lowest BCUT2D eigenvalue weighted by molar-refractivity contribution is -0.118. The third-order valence-electron chi connectivity index (χ3n) is 3.78. The fraction of sp³-hybridized carbons (Fsp3) is 0.786. The van der Waals surface area contributed by atoms with Crippen molar-refractivity contribution in [2.45, 2.75) is 63.0 Å². The summed E-state index contributed by atoms with van der Waals surface area (Å²) in [4.78, 5) is 11.9. The van der Waals surface area contributed by atoms with Crippen LogP contribution in [0.1, 0.15) is 51.9 Å². The standard InChI is InChI=1S/C14H25N3OS/c1-3-7-12-10-13(18)17-14(16-12,19-2)15-11-8-5-4-6-9-11/h10-11,15-16H,3-9H2,1-2H3,(H,17,18). The Kier molecular flexibility index (Phi) is 5.16. The molecule has 1 heterocycles. The molecule has 1 aliphatic heterocycles. The van der Waals surface area contributed by atoms with E-state index in [9.17, 15) is 4.79 Å². The molecule has 0 saturated heterocycles. The summed E-state index contributed by atoms with van der Waals surface area (Å²) < 4.78 is 0. The third kappa shape index (κ3) is 3.89. The summed E-state index contributed by atoms with van der Waals surface area (Å²) in [6.45, 7) is 2.13. The van der Waals surface area contributed by atoms with Crippen molar-refractivity contribution in [3.8, 4) is 0 Å². The van der Waals surface area contributed by atoms with E-state index in [1.807, 2.05) is 6.26 Å². The van der Waals surface area contributed by atoms with Crippen LogP contribution in [0.15, 0.2) is 11.8 Å². The highest BCUT2D eigenvalue weighted by Gasteiger charge is 2.36. The maximum absolute atomic E-state index is 11.9. The van der Waals surface area contributed by atoms with Crippen molar-refractivity contribution in [2.24, 2.45) is 0 Å². The molecule has 5 heteroatoms. The van der Waals surface area contributed by atoms with Crippen LogP contribution in [0.5, 0.6) is 0 Å². The minimum Gasteiger partial charge on any atom is -0.345 e. The molecule has 0 bridgehead atoms. The van der Waals surface area contributed by atoms with Crippen LogP contribution in [-0.2, 0) is 4.79 Å². The average molecular weight is 283 g/mol. The van der Waals surface area contributed by atoms with Crippen LogP contribution in [0.4, 0.5) is 0 Å². The van der Waals surface area contributed by atoms with E-state index in [0.717, 1.165) is 18.5 Å². The summed E-state index contributed by atoms with van der Waals surface area (Å²) in [5.74, 6) is -0.000130. The molecule has 1 fully saturated rings. The van der Waals surface area contributed by atoms with Gasteiger partial charge < -0.3 is 10.6 Å². The number of hydrogen-bond acceptors (Lipinski definition) is 4. The molecule has 1 saturated carbocycles. The van der Waals surface area contributed by atoms with Gasteiger partial charge in [-0.15, -0.1) is 0 Å². The Hall–Kier alpha value is -0.680. The zero-order chi connectivity index (χ0) is 13.7. The second kappa shape index (κ2) is 6.66. The average Bonchev–Trinajstić information content (AvgIpc) is 2.39. The molecule has 1 amide bonds. The second-order valence-corrected chi connectivity index (χ2v) is 6.42. The highest BCUT2D eigenvalue weighted by Crippen LogP contribution is 2.25. The van der Waals surface area contributed by atoms with Crippen LogP contribution in [0.3, 0.4) is 0 Å². The van der Waals surface area contributed by atoms with E-state index in [2.05, 4.69) is 22.9 Å². The number of hydrogen-bond donors (Lipinski definition) is 3. The zero-order valence-corrected chi connectivity index (χ0v) is 12.7. The fourth-order valence-corrected chi connectivity index (χ4v) is 3.55. The monoisotopic (exact) mass is 283 g/mol. The van der Waals surface area contributed by atoms with Crippen LogP contribution in [-0.4, -0.2) is 23.3 Å². The number of nitrogens with one attached hydrogen (secondary N) is 3. The van der Waals surface area contributed by atoms with E-state index in [-0.39, 0.29) is 5.91 Å². The largest absolute Gasteiger partial charge is 0.345 e. The molecule has 0 aromatic heterocycles. The van der Waals surface area contributed by atoms with E-state index >= 15 is 0 Å². The molecule has 0 spiro atoms. The quantitative estimate of drug-likeness (QED) is 0.678. The van der Waals surface area contributed by atoms with E-state index in [1.165, 1.54) is 32.1 Å². The van der Waals surface area contributed by atoms with Gasteiger partial charge in [-0.3, -0.25) is 10.1 Å². The Morgan fingerprint density at radius 3 is 2.74 bits per heavy atom. The van der Waals surface area contributed by atoms with Crippen molar-refractivity contribution in [3.63, 3.8) is 0 Å². The van der Waals surface area contributed by atoms with E-state index < -0.39 is 5.12 Å². The predicted molar refractivity (Wildman–Crippen MR) is 80.5 cm³/mol. The lowest BCUT2D eigenvalue weighted by Gasteiger charge is -2.42. The van der Waals surface area contributed by atoms with E-state index in [1.54, 1.807) is 17.8 Å². The summed E-state index contributed by atoms with van der Waals surface area (Å²) >= 11 is 1.63. The first-order chi connectivity index (χ1) is 9.17. The molecule has 0 aromatic carbocycles. The van der Waals surface area contributed by atoms with Crippen LogP contribution >= 0.6 is 11.8 Å². The molecule has 1 aliphatic carbocycles. The van der Waals surface area contributed by atoms with Gasteiger partial charge in [0.15, 0.2) is 0 Å². The van der Waals surface area contributed by atoms with Gasteiger partial charge in [-0.2, -0.15) is 0 Å². The van der Waals surface area contributed by atoms with Crippen molar-refractivity contribution in [1.29, 1.82) is 0 Å². The molecular formula is C14H25N3OS. The van der Waals surface area contributed by atoms with Gasteiger partial charge >= 0.3 is 0 Å². The van der Waals surface area contributed by atoms with Crippen molar-refractivity contribution >= 4 is 17.7 Å². The third-order valence-corrected chi connectivity index (χ3v) is 4.71. The molecule has 3 N–H and O–H groups in total. The molecule has 0 aromatic rings. The number of thioether (sulfide) groups is 1. The van der Waals surface area contributed by atoms with Gasteiger partial charge in [0.2, 0.25) is 11.0 Å². The summed E-state index contributed by atoms with van der Waals surface area (Å²) in [6.07, 6.45) is 12.0. The molecule has 4 nitrogen and oxygen atoms in total. The van der Waals surface area contributed by atoms with Gasteiger partial charge in [-0.1, -0.05) is 44.4 Å². The maximum Gasteiger partial charge on any atom is 0.249 e. The van der Waals surface area contributed by atoms with Crippen LogP contribution < -0.4 is 16.0 Å². The van der Waals surface area contributed by atoms with Crippen LogP contribution in [0.25, 0.3) is 0 Å². The molecule has 1 atom stereocenters. The van der Waals surface area contributed by atoms with Gasteiger partial charge in [-0.25, -0.2) is 0 Å². The summed E-state index contributed by atoms with van der Waals surface area (Å²) in [7, 11) is 0. The Balaban J connectivity index is 2.04. The van der Waals surface area contributed by atoms with Gasteiger partial charge in [0.25, 0.3) is 0 Å². The van der Waals surface area contributed by atoms with Crippen LogP contribution in [0, 0.1) is 0 Å². The SMILES string of the molecule is CCCC1=CC(=O)NC(NC2CCCCC2)(SC)N1. The summed E-state index contributed by atoms with van der Waals surface area (Å²) in [6, 6.07) is 0.495. The van der Waals surface area contributed by atoms with Crippen molar-refractivity contribution in [1.82, 2.24) is 16.0 Å². The molecule has 108 valence electrons. The Bertz CT molecular complexity index is 353. The topological polar surface area (TPSA) is 53.2 Å². The van der Waals surface area contributed by atoms with Gasteiger partial charge in [0.1, 0.15) is 0 Å². The molecule has 19 heavy (non-hydrogen) atoms. The normalized spacial score (nSPS) is 28.5. The first-order valence-corrected chi connectivity index (χ1v) is 8.53. The molecule has 2 aliphatic rings. The van der Waals surface area contributed by atoms with Crippen LogP contribution in [0.2, 0.25) is 0 Å². The van der Waals surface area contributed by atoms with Gasteiger partial charge in [-0.05, 0) is 25.5 Å². The van der Waals surface area contributed by atoms with Gasteiger partial charge in [0.05, 0.1) is 0 Å². The lowest BCUT2D eigenvalue weighted by Crippen LogP contribution is -2.69.